The minimum atomic E-state index is -0.107. The summed E-state index contributed by atoms with van der Waals surface area (Å²) in [5, 5.41) is 3.22. The number of nitrogens with zero attached hydrogens (tertiary/aromatic N) is 1. The molecule has 4 atom stereocenters. The van der Waals surface area contributed by atoms with E-state index >= 15 is 0 Å². The second-order valence-corrected chi connectivity index (χ2v) is 6.74. The first-order valence-corrected chi connectivity index (χ1v) is 7.91. The van der Waals surface area contributed by atoms with Crippen LogP contribution >= 0.6 is 0 Å². The number of anilines is 1. The van der Waals surface area contributed by atoms with E-state index < -0.39 is 0 Å². The molecule has 2 aliphatic carbocycles. The lowest BCUT2D eigenvalue weighted by Crippen LogP contribution is -2.37. The van der Waals surface area contributed by atoms with E-state index in [9.17, 15) is 9.59 Å². The molecule has 3 aliphatic rings. The number of carbonyl (C=O) groups is 2. The fourth-order valence-electron chi connectivity index (χ4n) is 4.14. The number of hydrogen-bond donors (Lipinski definition) is 1. The Morgan fingerprint density at radius 1 is 1.05 bits per heavy atom. The predicted molar refractivity (Wildman–Crippen MR) is 84.0 cm³/mol. The summed E-state index contributed by atoms with van der Waals surface area (Å²) in [6.45, 7) is 4.39. The van der Waals surface area contributed by atoms with Gasteiger partial charge in [-0.25, -0.2) is 0 Å². The Morgan fingerprint density at radius 2 is 1.68 bits per heavy atom. The first-order valence-electron chi connectivity index (χ1n) is 7.91. The van der Waals surface area contributed by atoms with Gasteiger partial charge < -0.3 is 5.32 Å². The van der Waals surface area contributed by atoms with Gasteiger partial charge in [-0.1, -0.05) is 18.2 Å². The second kappa shape index (κ2) is 4.70. The Morgan fingerprint density at radius 3 is 2.27 bits per heavy atom. The van der Waals surface area contributed by atoms with E-state index in [0.29, 0.717) is 0 Å². The maximum absolute atomic E-state index is 12.6. The van der Waals surface area contributed by atoms with Gasteiger partial charge in [-0.2, -0.15) is 0 Å². The zero-order valence-corrected chi connectivity index (χ0v) is 12.9. The molecule has 2 fully saturated rings. The van der Waals surface area contributed by atoms with Gasteiger partial charge in [-0.3, -0.25) is 14.5 Å². The number of likely N-dealkylation sites (tertiary alicyclic amines) is 1. The van der Waals surface area contributed by atoms with Crippen molar-refractivity contribution in [2.75, 3.05) is 12.0 Å². The van der Waals surface area contributed by atoms with Crippen LogP contribution in [0.3, 0.4) is 0 Å². The summed E-state index contributed by atoms with van der Waals surface area (Å²) in [5.41, 5.74) is 3.38. The molecule has 1 aromatic rings. The van der Waals surface area contributed by atoms with Gasteiger partial charge in [-0.15, -0.1) is 0 Å². The summed E-state index contributed by atoms with van der Waals surface area (Å²) in [6.07, 6.45) is 5.22. The maximum Gasteiger partial charge on any atom is 0.235 e. The smallest absolute Gasteiger partial charge is 0.235 e. The van der Waals surface area contributed by atoms with Crippen LogP contribution in [0.1, 0.15) is 17.5 Å². The molecule has 4 nitrogen and oxygen atoms in total. The molecule has 1 aromatic carbocycles. The highest BCUT2D eigenvalue weighted by atomic mass is 16.2. The number of benzene rings is 1. The molecule has 1 heterocycles. The van der Waals surface area contributed by atoms with Gasteiger partial charge >= 0.3 is 0 Å². The summed E-state index contributed by atoms with van der Waals surface area (Å²) in [4.78, 5) is 26.5. The van der Waals surface area contributed by atoms with Crippen LogP contribution in [0.4, 0.5) is 5.69 Å². The average molecular weight is 296 g/mol. The lowest BCUT2D eigenvalue weighted by atomic mass is 9.85. The second-order valence-electron chi connectivity index (χ2n) is 6.74. The van der Waals surface area contributed by atoms with E-state index in [4.69, 9.17) is 0 Å². The maximum atomic E-state index is 12.6. The van der Waals surface area contributed by atoms with Gasteiger partial charge in [0.05, 0.1) is 18.5 Å². The zero-order chi connectivity index (χ0) is 15.4. The Labute approximate surface area is 130 Å². The average Bonchev–Trinajstić information content (AvgIpc) is 3.16. The van der Waals surface area contributed by atoms with Crippen molar-refractivity contribution in [1.29, 1.82) is 0 Å². The first-order chi connectivity index (χ1) is 10.6. The van der Waals surface area contributed by atoms with Gasteiger partial charge in [0, 0.05) is 5.69 Å². The molecule has 4 heteroatoms. The number of allylic oxidation sites excluding steroid dienone is 2. The van der Waals surface area contributed by atoms with Crippen LogP contribution in [0, 0.1) is 37.5 Å². The standard InChI is InChI=1S/C18H20N2O2/c1-10-3-6-14(7-11(10)2)19-9-20-17(21)15-12-4-5-13(8-12)16(15)18(20)22/h3-7,12-13,15-16,19H,8-9H2,1-2H3/t12-,13-,15-,16+/m0/s1. The van der Waals surface area contributed by atoms with Crippen LogP contribution in [-0.4, -0.2) is 23.4 Å². The molecular weight excluding hydrogens is 276 g/mol. The highest BCUT2D eigenvalue weighted by Gasteiger charge is 2.59. The number of rotatable bonds is 3. The first kappa shape index (κ1) is 13.6. The Bertz CT molecular complexity index is 664. The van der Waals surface area contributed by atoms with Gasteiger partial charge in [0.25, 0.3) is 0 Å². The minimum Gasteiger partial charge on any atom is -0.367 e. The molecule has 1 aliphatic heterocycles. The quantitative estimate of drug-likeness (QED) is 0.688. The summed E-state index contributed by atoms with van der Waals surface area (Å²) in [6, 6.07) is 6.08. The van der Waals surface area contributed by atoms with Crippen LogP contribution in [0.15, 0.2) is 30.4 Å². The molecule has 4 rings (SSSR count). The van der Waals surface area contributed by atoms with Gasteiger partial charge in [-0.05, 0) is 55.4 Å². The monoisotopic (exact) mass is 296 g/mol. The number of hydrogen-bond acceptors (Lipinski definition) is 3. The summed E-state index contributed by atoms with van der Waals surface area (Å²) in [5.74, 6) is 0.343. The van der Waals surface area contributed by atoms with Crippen LogP contribution in [0.25, 0.3) is 0 Å². The third-order valence-electron chi connectivity index (χ3n) is 5.51. The molecular formula is C18H20N2O2. The number of nitrogens with one attached hydrogen (secondary N) is 1. The number of carbonyl (C=O) groups excluding carboxylic acids is 2. The summed E-state index contributed by atoms with van der Waals surface area (Å²) >= 11 is 0. The minimum absolute atomic E-state index is 0.00295. The topological polar surface area (TPSA) is 49.4 Å². The highest BCUT2D eigenvalue weighted by molar-refractivity contribution is 6.06. The van der Waals surface area contributed by atoms with Gasteiger partial charge in [0.2, 0.25) is 11.8 Å². The third kappa shape index (κ3) is 1.83. The van der Waals surface area contributed by atoms with E-state index in [0.717, 1.165) is 12.1 Å². The van der Waals surface area contributed by atoms with Crippen molar-refractivity contribution in [3.8, 4) is 0 Å². The molecule has 0 aromatic heterocycles. The number of aryl methyl sites for hydroxylation is 2. The Kier molecular flexibility index (Phi) is 2.90. The molecule has 0 spiro atoms. The zero-order valence-electron chi connectivity index (χ0n) is 12.9. The summed E-state index contributed by atoms with van der Waals surface area (Å²) in [7, 11) is 0. The molecule has 2 bridgehead atoms. The van der Waals surface area contributed by atoms with Crippen molar-refractivity contribution < 1.29 is 9.59 Å². The Balaban J connectivity index is 1.49. The SMILES string of the molecule is Cc1ccc(NCN2C(=O)[C@@H]3[C@H](C2=O)[C@H]2C=C[C@H]3C2)cc1C. The lowest BCUT2D eigenvalue weighted by Gasteiger charge is -2.18. The molecule has 0 radical (unpaired) electrons. The largest absolute Gasteiger partial charge is 0.367 e. The van der Waals surface area contributed by atoms with Crippen molar-refractivity contribution in [2.24, 2.45) is 23.7 Å². The molecule has 1 saturated carbocycles. The van der Waals surface area contributed by atoms with Crippen molar-refractivity contribution in [3.63, 3.8) is 0 Å². The molecule has 2 amide bonds. The van der Waals surface area contributed by atoms with E-state index in [1.54, 1.807) is 0 Å². The van der Waals surface area contributed by atoms with Crippen LogP contribution in [0.2, 0.25) is 0 Å². The van der Waals surface area contributed by atoms with Crippen molar-refractivity contribution >= 4 is 17.5 Å². The van der Waals surface area contributed by atoms with Crippen LogP contribution in [0.5, 0.6) is 0 Å². The van der Waals surface area contributed by atoms with E-state index in [1.807, 2.05) is 18.2 Å². The number of imide groups is 1. The van der Waals surface area contributed by atoms with Gasteiger partial charge in [0.1, 0.15) is 0 Å². The fourth-order valence-corrected chi connectivity index (χ4v) is 4.14. The number of fused-ring (bicyclic) bond motifs is 5. The predicted octanol–water partition coefficient (Wildman–Crippen LogP) is 2.48. The lowest BCUT2D eigenvalue weighted by molar-refractivity contribution is -0.140. The molecule has 114 valence electrons. The highest BCUT2D eigenvalue weighted by Crippen LogP contribution is 2.52. The van der Waals surface area contributed by atoms with Crippen molar-refractivity contribution in [3.05, 3.63) is 41.5 Å². The molecule has 0 unspecified atom stereocenters. The van der Waals surface area contributed by atoms with E-state index in [2.05, 4.69) is 31.3 Å². The van der Waals surface area contributed by atoms with Crippen LogP contribution in [-0.2, 0) is 9.59 Å². The fraction of sp³-hybridized carbons (Fsp3) is 0.444. The third-order valence-corrected chi connectivity index (χ3v) is 5.51. The van der Waals surface area contributed by atoms with E-state index in [-0.39, 0.29) is 42.2 Å². The summed E-state index contributed by atoms with van der Waals surface area (Å²) < 4.78 is 0. The van der Waals surface area contributed by atoms with E-state index in [1.165, 1.54) is 16.0 Å². The van der Waals surface area contributed by atoms with Crippen LogP contribution < -0.4 is 5.32 Å². The number of amides is 2. The van der Waals surface area contributed by atoms with Crippen molar-refractivity contribution in [2.45, 2.75) is 20.3 Å². The van der Waals surface area contributed by atoms with Gasteiger partial charge in [0.15, 0.2) is 0 Å². The Hall–Kier alpha value is -2.10. The molecule has 1 N–H and O–H groups in total. The van der Waals surface area contributed by atoms with Crippen molar-refractivity contribution in [1.82, 2.24) is 4.90 Å². The molecule has 22 heavy (non-hydrogen) atoms. The molecule has 1 saturated heterocycles. The normalized spacial score (nSPS) is 32.0.